The lowest BCUT2D eigenvalue weighted by atomic mass is 10.0. The molecule has 0 saturated carbocycles. The van der Waals surface area contributed by atoms with Gasteiger partial charge in [0.2, 0.25) is 11.8 Å². The molecule has 2 aliphatic rings. The third-order valence-corrected chi connectivity index (χ3v) is 5.06. The van der Waals surface area contributed by atoms with Gasteiger partial charge in [-0.1, -0.05) is 48.5 Å². The number of hydrogen-bond acceptors (Lipinski definition) is 4. The Hall–Kier alpha value is -3.35. The van der Waals surface area contributed by atoms with Crippen molar-refractivity contribution in [2.45, 2.75) is 31.0 Å². The van der Waals surface area contributed by atoms with Crippen molar-refractivity contribution in [1.82, 2.24) is 15.5 Å². The number of benzene rings is 2. The maximum atomic E-state index is 12.8. The van der Waals surface area contributed by atoms with Crippen LogP contribution in [0.3, 0.4) is 0 Å². The molecule has 2 heterocycles. The first-order chi connectivity index (χ1) is 13.6. The van der Waals surface area contributed by atoms with E-state index in [0.717, 1.165) is 5.56 Å². The Morgan fingerprint density at radius 3 is 2.46 bits per heavy atom. The molecular weight excluding hydrogens is 358 g/mol. The van der Waals surface area contributed by atoms with E-state index in [-0.39, 0.29) is 17.9 Å². The van der Waals surface area contributed by atoms with Gasteiger partial charge in [0.1, 0.15) is 17.8 Å². The van der Waals surface area contributed by atoms with Crippen LogP contribution < -0.4 is 15.4 Å². The van der Waals surface area contributed by atoms with Crippen LogP contribution in [-0.4, -0.2) is 47.5 Å². The van der Waals surface area contributed by atoms with E-state index in [1.807, 2.05) is 36.4 Å². The Morgan fingerprint density at radius 1 is 1.07 bits per heavy atom. The van der Waals surface area contributed by atoms with Gasteiger partial charge in [-0.3, -0.25) is 9.59 Å². The molecule has 144 valence electrons. The highest BCUT2D eigenvalue weighted by Gasteiger charge is 2.46. The maximum Gasteiger partial charge on any atom is 0.412 e. The molecule has 7 nitrogen and oxygen atoms in total. The van der Waals surface area contributed by atoms with Crippen molar-refractivity contribution in [3.63, 3.8) is 0 Å². The minimum atomic E-state index is -0.593. The van der Waals surface area contributed by atoms with Gasteiger partial charge < -0.3 is 20.3 Å². The van der Waals surface area contributed by atoms with E-state index < -0.39 is 18.2 Å². The van der Waals surface area contributed by atoms with E-state index in [1.165, 1.54) is 0 Å². The number of carbonyl (C=O) groups excluding carboxylic acids is 3. The summed E-state index contributed by atoms with van der Waals surface area (Å²) in [6.07, 6.45) is 0.229. The number of nitrogens with zero attached hydrogens (tertiary/aromatic N) is 1. The van der Waals surface area contributed by atoms with Gasteiger partial charge in [0.05, 0.1) is 6.04 Å². The van der Waals surface area contributed by atoms with Gasteiger partial charge in [-0.25, -0.2) is 4.79 Å². The predicted octanol–water partition coefficient (Wildman–Crippen LogP) is 1.49. The molecule has 28 heavy (non-hydrogen) atoms. The van der Waals surface area contributed by atoms with Crippen LogP contribution in [0.1, 0.15) is 12.0 Å². The van der Waals surface area contributed by atoms with Gasteiger partial charge in [-0.2, -0.15) is 0 Å². The molecule has 2 aromatic rings. The van der Waals surface area contributed by atoms with Gasteiger partial charge in [0, 0.05) is 13.0 Å². The third kappa shape index (κ3) is 3.83. The fourth-order valence-electron chi connectivity index (χ4n) is 3.74. The molecule has 7 heteroatoms. The summed E-state index contributed by atoms with van der Waals surface area (Å²) in [5.74, 6) is 0.142. The molecule has 0 spiro atoms. The smallest absolute Gasteiger partial charge is 0.410 e. The summed E-state index contributed by atoms with van der Waals surface area (Å²) in [5, 5.41) is 5.58. The van der Waals surface area contributed by atoms with Crippen molar-refractivity contribution in [3.8, 4) is 5.75 Å². The molecule has 0 radical (unpaired) electrons. The molecule has 3 amide bonds. The number of para-hydroxylation sites is 1. The number of nitrogens with one attached hydrogen (secondary N) is 2. The molecule has 4 rings (SSSR count). The van der Waals surface area contributed by atoms with Crippen LogP contribution in [0.15, 0.2) is 60.7 Å². The number of fused-ring (bicyclic) bond motifs is 1. The molecular formula is C21H21N3O4. The quantitative estimate of drug-likeness (QED) is 0.843. The monoisotopic (exact) mass is 379 g/mol. The van der Waals surface area contributed by atoms with Crippen molar-refractivity contribution in [2.75, 3.05) is 6.54 Å². The lowest BCUT2D eigenvalue weighted by Crippen LogP contribution is -2.61. The van der Waals surface area contributed by atoms with Crippen LogP contribution in [0, 0.1) is 0 Å². The number of rotatable bonds is 4. The zero-order valence-electron chi connectivity index (χ0n) is 15.2. The van der Waals surface area contributed by atoms with Crippen molar-refractivity contribution in [1.29, 1.82) is 0 Å². The van der Waals surface area contributed by atoms with Crippen LogP contribution in [-0.2, 0) is 16.0 Å². The molecule has 2 fully saturated rings. The molecule has 0 aromatic heterocycles. The molecule has 2 aromatic carbocycles. The largest absolute Gasteiger partial charge is 0.412 e. The lowest BCUT2D eigenvalue weighted by molar-refractivity contribution is -0.147. The standard InChI is InChI=1S/C21H21N3O4/c25-19-18-12-15(22-21(27)28-16-9-5-2-6-10-16)13-24(18)20(26)17(23-19)11-14-7-3-1-4-8-14/h1-10,15,17-18H,11-13H2,(H,22,27)(H,23,25)/t15-,17-,18-/m0/s1. The van der Waals surface area contributed by atoms with Crippen LogP contribution in [0.5, 0.6) is 5.75 Å². The van der Waals surface area contributed by atoms with E-state index >= 15 is 0 Å². The molecule has 0 aliphatic carbocycles. The minimum Gasteiger partial charge on any atom is -0.410 e. The van der Waals surface area contributed by atoms with Gasteiger partial charge in [-0.15, -0.1) is 0 Å². The van der Waals surface area contributed by atoms with Gasteiger partial charge in [0.25, 0.3) is 0 Å². The lowest BCUT2D eigenvalue weighted by Gasteiger charge is -2.34. The zero-order valence-corrected chi connectivity index (χ0v) is 15.2. The second kappa shape index (κ2) is 7.72. The van der Waals surface area contributed by atoms with E-state index in [4.69, 9.17) is 4.74 Å². The Labute approximate surface area is 162 Å². The average molecular weight is 379 g/mol. The SMILES string of the molecule is O=C(N[C@H]1C[C@H]2C(=O)N[C@@H](Cc3ccccc3)C(=O)N2C1)Oc1ccccc1. The summed E-state index contributed by atoms with van der Waals surface area (Å²) in [4.78, 5) is 39.0. The van der Waals surface area contributed by atoms with Crippen LogP contribution in [0.4, 0.5) is 4.79 Å². The first kappa shape index (κ1) is 18.0. The fraction of sp³-hybridized carbons (Fsp3) is 0.286. The fourth-order valence-corrected chi connectivity index (χ4v) is 3.74. The number of hydrogen-bond donors (Lipinski definition) is 2. The van der Waals surface area contributed by atoms with Gasteiger partial charge in [0.15, 0.2) is 0 Å². The van der Waals surface area contributed by atoms with Crippen molar-refractivity contribution < 1.29 is 19.1 Å². The zero-order chi connectivity index (χ0) is 19.5. The highest BCUT2D eigenvalue weighted by molar-refractivity contribution is 5.97. The molecule has 2 N–H and O–H groups in total. The molecule has 2 aliphatic heterocycles. The second-order valence-electron chi connectivity index (χ2n) is 7.04. The highest BCUT2D eigenvalue weighted by Crippen LogP contribution is 2.24. The summed E-state index contributed by atoms with van der Waals surface area (Å²) in [5.41, 5.74) is 0.986. The summed E-state index contributed by atoms with van der Waals surface area (Å²) in [6.45, 7) is 0.298. The van der Waals surface area contributed by atoms with Crippen LogP contribution in [0.25, 0.3) is 0 Å². The first-order valence-electron chi connectivity index (χ1n) is 9.28. The van der Waals surface area contributed by atoms with Gasteiger partial charge >= 0.3 is 6.09 Å². The molecule has 3 atom stereocenters. The Balaban J connectivity index is 1.38. The number of piperazine rings is 1. The highest BCUT2D eigenvalue weighted by atomic mass is 16.6. The summed E-state index contributed by atoms with van der Waals surface area (Å²) >= 11 is 0. The first-order valence-corrected chi connectivity index (χ1v) is 9.28. The normalized spacial score (nSPS) is 23.7. The van der Waals surface area contributed by atoms with Crippen molar-refractivity contribution >= 4 is 17.9 Å². The number of amides is 3. The third-order valence-electron chi connectivity index (χ3n) is 5.06. The van der Waals surface area contributed by atoms with E-state index in [1.54, 1.807) is 29.2 Å². The van der Waals surface area contributed by atoms with Gasteiger partial charge in [-0.05, 0) is 24.1 Å². The van der Waals surface area contributed by atoms with Crippen molar-refractivity contribution in [3.05, 3.63) is 66.2 Å². The topological polar surface area (TPSA) is 87.7 Å². The summed E-state index contributed by atoms with van der Waals surface area (Å²) in [6, 6.07) is 16.9. The Bertz CT molecular complexity index is 872. The Morgan fingerprint density at radius 2 is 1.75 bits per heavy atom. The summed E-state index contributed by atoms with van der Waals surface area (Å²) < 4.78 is 5.23. The summed E-state index contributed by atoms with van der Waals surface area (Å²) in [7, 11) is 0. The predicted molar refractivity (Wildman–Crippen MR) is 102 cm³/mol. The van der Waals surface area contributed by atoms with Crippen LogP contribution >= 0.6 is 0 Å². The van der Waals surface area contributed by atoms with Crippen LogP contribution in [0.2, 0.25) is 0 Å². The minimum absolute atomic E-state index is 0.117. The van der Waals surface area contributed by atoms with E-state index in [9.17, 15) is 14.4 Å². The number of carbonyl (C=O) groups is 3. The van der Waals surface area contributed by atoms with E-state index in [2.05, 4.69) is 10.6 Å². The molecule has 0 unspecified atom stereocenters. The van der Waals surface area contributed by atoms with E-state index in [0.29, 0.717) is 25.1 Å². The molecule has 2 saturated heterocycles. The van der Waals surface area contributed by atoms with Crippen molar-refractivity contribution in [2.24, 2.45) is 0 Å². The second-order valence-corrected chi connectivity index (χ2v) is 7.04. The average Bonchev–Trinajstić information content (AvgIpc) is 3.12. The maximum absolute atomic E-state index is 12.8. The molecule has 0 bridgehead atoms. The Kier molecular flexibility index (Phi) is 4.97. The number of ether oxygens (including phenoxy) is 1.